The lowest BCUT2D eigenvalue weighted by atomic mass is 10.1. The molecule has 3 atom stereocenters. The molecule has 0 bridgehead atoms. The molecule has 0 radical (unpaired) electrons. The van der Waals surface area contributed by atoms with Crippen molar-refractivity contribution >= 4 is 16.9 Å². The van der Waals surface area contributed by atoms with Gasteiger partial charge in [0.25, 0.3) is 0 Å². The van der Waals surface area contributed by atoms with Gasteiger partial charge in [-0.3, -0.25) is 4.99 Å². The van der Waals surface area contributed by atoms with Gasteiger partial charge in [0, 0.05) is 11.8 Å². The van der Waals surface area contributed by atoms with Gasteiger partial charge < -0.3 is 5.32 Å². The maximum absolute atomic E-state index is 4.56. The summed E-state index contributed by atoms with van der Waals surface area (Å²) in [7, 11) is 0. The Hall–Kier alpha value is -0.180. The van der Waals surface area contributed by atoms with Crippen LogP contribution in [0.2, 0.25) is 0 Å². The Morgan fingerprint density at radius 2 is 2.27 bits per heavy atom. The van der Waals surface area contributed by atoms with Crippen molar-refractivity contribution < 1.29 is 0 Å². The molecule has 0 aromatic rings. The van der Waals surface area contributed by atoms with E-state index >= 15 is 0 Å². The monoisotopic (exact) mass is 226 g/mol. The number of hydrogen-bond donors (Lipinski definition) is 1. The maximum atomic E-state index is 4.56. The zero-order valence-electron chi connectivity index (χ0n) is 9.99. The van der Waals surface area contributed by atoms with Crippen molar-refractivity contribution in [2.75, 3.05) is 13.1 Å². The van der Waals surface area contributed by atoms with Crippen molar-refractivity contribution in [1.29, 1.82) is 0 Å². The number of aliphatic imine (C=N–C) groups is 1. The van der Waals surface area contributed by atoms with E-state index in [9.17, 15) is 0 Å². The van der Waals surface area contributed by atoms with Crippen molar-refractivity contribution in [3.63, 3.8) is 0 Å². The molecule has 0 aromatic heterocycles. The van der Waals surface area contributed by atoms with Gasteiger partial charge in [-0.2, -0.15) is 0 Å². The molecule has 0 spiro atoms. The van der Waals surface area contributed by atoms with E-state index in [2.05, 4.69) is 31.1 Å². The number of nitrogens with zero attached hydrogens (tertiary/aromatic N) is 1. The molecular weight excluding hydrogens is 204 g/mol. The second-order valence-electron chi connectivity index (χ2n) is 5.37. The Bertz CT molecular complexity index is 250. The van der Waals surface area contributed by atoms with E-state index in [0.717, 1.165) is 36.1 Å². The summed E-state index contributed by atoms with van der Waals surface area (Å²) in [5, 5.41) is 5.41. The van der Waals surface area contributed by atoms with Gasteiger partial charge in [0.2, 0.25) is 0 Å². The van der Waals surface area contributed by atoms with Crippen LogP contribution in [0.1, 0.15) is 33.6 Å². The fourth-order valence-corrected chi connectivity index (χ4v) is 3.33. The van der Waals surface area contributed by atoms with Crippen LogP contribution in [0.5, 0.6) is 0 Å². The Balaban J connectivity index is 1.63. The first-order valence-electron chi connectivity index (χ1n) is 6.10. The van der Waals surface area contributed by atoms with Gasteiger partial charge in [0.1, 0.15) is 0 Å². The van der Waals surface area contributed by atoms with Gasteiger partial charge >= 0.3 is 0 Å². The van der Waals surface area contributed by atoms with Crippen molar-refractivity contribution in [3.05, 3.63) is 0 Å². The Labute approximate surface area is 97.3 Å². The van der Waals surface area contributed by atoms with Gasteiger partial charge in [0.15, 0.2) is 5.17 Å². The minimum absolute atomic E-state index is 0.726. The first-order chi connectivity index (χ1) is 7.15. The lowest BCUT2D eigenvalue weighted by Crippen LogP contribution is -2.22. The molecule has 2 nitrogen and oxygen atoms in total. The summed E-state index contributed by atoms with van der Waals surface area (Å²) in [6, 6.07) is 0. The van der Waals surface area contributed by atoms with Crippen LogP contribution in [0.3, 0.4) is 0 Å². The van der Waals surface area contributed by atoms with Gasteiger partial charge in [-0.25, -0.2) is 0 Å². The molecule has 1 fully saturated rings. The van der Waals surface area contributed by atoms with Gasteiger partial charge in [-0.05, 0) is 30.6 Å². The quantitative estimate of drug-likeness (QED) is 0.797. The average molecular weight is 226 g/mol. The summed E-state index contributed by atoms with van der Waals surface area (Å²) in [6.45, 7) is 9.07. The van der Waals surface area contributed by atoms with E-state index in [-0.39, 0.29) is 0 Å². The summed E-state index contributed by atoms with van der Waals surface area (Å²) >= 11 is 1.95. The van der Waals surface area contributed by atoms with Crippen molar-refractivity contribution in [3.8, 4) is 0 Å². The van der Waals surface area contributed by atoms with E-state index in [0.29, 0.717) is 0 Å². The minimum atomic E-state index is 0.726. The molecule has 1 aliphatic heterocycles. The van der Waals surface area contributed by atoms with Crippen molar-refractivity contribution in [2.45, 2.75) is 38.9 Å². The zero-order chi connectivity index (χ0) is 10.8. The highest BCUT2D eigenvalue weighted by molar-refractivity contribution is 8.14. The molecule has 3 heteroatoms. The normalized spacial score (nSPS) is 34.4. The summed E-state index contributed by atoms with van der Waals surface area (Å²) < 4.78 is 0. The number of amidine groups is 1. The third kappa shape index (κ3) is 3.40. The van der Waals surface area contributed by atoms with Crippen LogP contribution in [-0.2, 0) is 0 Å². The summed E-state index contributed by atoms with van der Waals surface area (Å²) in [6.07, 6.45) is 2.69. The van der Waals surface area contributed by atoms with Crippen molar-refractivity contribution in [1.82, 2.24) is 5.32 Å². The second-order valence-corrected chi connectivity index (χ2v) is 6.66. The summed E-state index contributed by atoms with van der Waals surface area (Å²) in [4.78, 5) is 4.56. The fourth-order valence-electron chi connectivity index (χ4n) is 2.07. The van der Waals surface area contributed by atoms with E-state index in [1.54, 1.807) is 0 Å². The number of thioether (sulfide) groups is 1. The fraction of sp³-hybridized carbons (Fsp3) is 0.917. The smallest absolute Gasteiger partial charge is 0.156 e. The SMILES string of the molecule is CC(C)CC1CN=C(NCC2CC2C)S1. The molecule has 1 N–H and O–H groups in total. The molecule has 1 aliphatic carbocycles. The molecule has 3 unspecified atom stereocenters. The molecule has 0 amide bonds. The van der Waals surface area contributed by atoms with Gasteiger partial charge in [0.05, 0.1) is 6.54 Å². The van der Waals surface area contributed by atoms with Gasteiger partial charge in [-0.1, -0.05) is 32.5 Å². The highest BCUT2D eigenvalue weighted by atomic mass is 32.2. The molecule has 2 rings (SSSR count). The van der Waals surface area contributed by atoms with E-state index in [1.165, 1.54) is 18.0 Å². The predicted molar refractivity (Wildman–Crippen MR) is 68.4 cm³/mol. The summed E-state index contributed by atoms with van der Waals surface area (Å²) in [5.41, 5.74) is 0. The predicted octanol–water partition coefficient (Wildman–Crippen LogP) is 2.75. The zero-order valence-corrected chi connectivity index (χ0v) is 10.8. The van der Waals surface area contributed by atoms with Gasteiger partial charge in [-0.15, -0.1) is 0 Å². The van der Waals surface area contributed by atoms with Crippen LogP contribution in [0, 0.1) is 17.8 Å². The molecule has 15 heavy (non-hydrogen) atoms. The standard InChI is InChI=1S/C12H22N2S/c1-8(2)4-11-7-14-12(15-11)13-6-10-5-9(10)3/h8-11H,4-7H2,1-3H3,(H,13,14). The first kappa shape index (κ1) is 11.3. The van der Waals surface area contributed by atoms with E-state index in [4.69, 9.17) is 0 Å². The molecule has 1 heterocycles. The highest BCUT2D eigenvalue weighted by Gasteiger charge is 2.32. The van der Waals surface area contributed by atoms with Crippen LogP contribution in [-0.4, -0.2) is 23.5 Å². The Morgan fingerprint density at radius 1 is 1.53 bits per heavy atom. The van der Waals surface area contributed by atoms with Crippen LogP contribution in [0.25, 0.3) is 0 Å². The topological polar surface area (TPSA) is 24.4 Å². The highest BCUT2D eigenvalue weighted by Crippen LogP contribution is 2.37. The van der Waals surface area contributed by atoms with Crippen molar-refractivity contribution in [2.24, 2.45) is 22.7 Å². The molecule has 0 saturated heterocycles. The molecule has 1 saturated carbocycles. The van der Waals surface area contributed by atoms with E-state index < -0.39 is 0 Å². The number of nitrogens with one attached hydrogen (secondary N) is 1. The Kier molecular flexibility index (Phi) is 3.60. The van der Waals surface area contributed by atoms with Crippen LogP contribution in [0.15, 0.2) is 4.99 Å². The van der Waals surface area contributed by atoms with Crippen LogP contribution >= 0.6 is 11.8 Å². The average Bonchev–Trinajstić information content (AvgIpc) is 2.68. The lowest BCUT2D eigenvalue weighted by Gasteiger charge is -2.11. The molecule has 0 aromatic carbocycles. The largest absolute Gasteiger partial charge is 0.365 e. The van der Waals surface area contributed by atoms with Crippen LogP contribution < -0.4 is 5.32 Å². The first-order valence-corrected chi connectivity index (χ1v) is 6.98. The summed E-state index contributed by atoms with van der Waals surface area (Å²) in [5.74, 6) is 2.65. The molecular formula is C12H22N2S. The second kappa shape index (κ2) is 4.77. The van der Waals surface area contributed by atoms with Crippen LogP contribution in [0.4, 0.5) is 0 Å². The number of rotatable bonds is 4. The maximum Gasteiger partial charge on any atom is 0.156 e. The number of hydrogen-bond acceptors (Lipinski definition) is 3. The molecule has 86 valence electrons. The third-order valence-electron chi connectivity index (χ3n) is 3.24. The van der Waals surface area contributed by atoms with E-state index in [1.807, 2.05) is 11.8 Å². The lowest BCUT2D eigenvalue weighted by molar-refractivity contribution is 0.575. The minimum Gasteiger partial charge on any atom is -0.365 e. The molecule has 2 aliphatic rings. The Morgan fingerprint density at radius 3 is 2.87 bits per heavy atom. The third-order valence-corrected chi connectivity index (χ3v) is 4.41.